The van der Waals surface area contributed by atoms with Crippen LogP contribution < -0.4 is 5.73 Å². The Morgan fingerprint density at radius 1 is 1.55 bits per heavy atom. The average Bonchev–Trinajstić information content (AvgIpc) is 2.76. The van der Waals surface area contributed by atoms with Crippen molar-refractivity contribution in [1.29, 1.82) is 0 Å². The van der Waals surface area contributed by atoms with Gasteiger partial charge in [-0.25, -0.2) is 9.18 Å². The smallest absolute Gasteiger partial charge is 0.337 e. The molecule has 0 aliphatic carbocycles. The highest BCUT2D eigenvalue weighted by atomic mass is 19.1. The maximum absolute atomic E-state index is 13.7. The number of hydrogen-bond donors (Lipinski definition) is 2. The van der Waals surface area contributed by atoms with Gasteiger partial charge in [0, 0.05) is 31.0 Å². The number of benzene rings is 1. The van der Waals surface area contributed by atoms with Crippen LogP contribution in [0, 0.1) is 0 Å². The van der Waals surface area contributed by atoms with Gasteiger partial charge in [0.25, 0.3) is 0 Å². The molecule has 0 amide bonds. The third-order valence-corrected chi connectivity index (χ3v) is 3.26. The lowest BCUT2D eigenvalue weighted by atomic mass is 9.96. The zero-order valence-corrected chi connectivity index (χ0v) is 11.3. The summed E-state index contributed by atoms with van der Waals surface area (Å²) >= 11 is 0. The summed E-state index contributed by atoms with van der Waals surface area (Å²) in [5, 5.41) is 13.2. The van der Waals surface area contributed by atoms with Crippen molar-refractivity contribution >= 4 is 11.7 Å². The molecule has 2 rings (SSSR count). The number of anilines is 1. The van der Waals surface area contributed by atoms with Gasteiger partial charge >= 0.3 is 5.97 Å². The predicted octanol–water partition coefficient (Wildman–Crippen LogP) is 2.32. The van der Waals surface area contributed by atoms with Gasteiger partial charge < -0.3 is 10.8 Å². The van der Waals surface area contributed by atoms with Gasteiger partial charge in [-0.3, -0.25) is 4.68 Å². The zero-order chi connectivity index (χ0) is 14.9. The van der Waals surface area contributed by atoms with Crippen LogP contribution >= 0.6 is 0 Å². The molecule has 0 radical (unpaired) electrons. The molecule has 5 nitrogen and oxygen atoms in total. The highest BCUT2D eigenvalue weighted by Gasteiger charge is 2.17. The minimum atomic E-state index is -1.22. The Morgan fingerprint density at radius 2 is 2.25 bits per heavy atom. The van der Waals surface area contributed by atoms with E-state index >= 15 is 0 Å². The van der Waals surface area contributed by atoms with Gasteiger partial charge in [0.05, 0.1) is 5.56 Å². The number of carbonyl (C=O) groups is 1. The monoisotopic (exact) mass is 277 g/mol. The van der Waals surface area contributed by atoms with Crippen LogP contribution in [0.2, 0.25) is 0 Å². The van der Waals surface area contributed by atoms with Crippen molar-refractivity contribution < 1.29 is 14.3 Å². The van der Waals surface area contributed by atoms with Gasteiger partial charge in [-0.2, -0.15) is 5.10 Å². The molecule has 2 aromatic rings. The largest absolute Gasteiger partial charge is 0.478 e. The number of aromatic carboxylic acids is 1. The molecule has 1 aromatic carbocycles. The van der Waals surface area contributed by atoms with E-state index < -0.39 is 12.1 Å². The minimum absolute atomic E-state index is 0.00781. The van der Waals surface area contributed by atoms with Gasteiger partial charge in [0.15, 0.2) is 0 Å². The van der Waals surface area contributed by atoms with Gasteiger partial charge in [0.2, 0.25) is 0 Å². The molecule has 0 saturated carbocycles. The molecule has 0 fully saturated rings. The minimum Gasteiger partial charge on any atom is -0.478 e. The number of carboxylic acids is 1. The van der Waals surface area contributed by atoms with Crippen molar-refractivity contribution in [3.63, 3.8) is 0 Å². The number of aromatic nitrogens is 2. The molecule has 0 aliphatic rings. The van der Waals surface area contributed by atoms with Crippen LogP contribution in [-0.2, 0) is 13.5 Å². The van der Waals surface area contributed by atoms with Crippen LogP contribution in [0.25, 0.3) is 0 Å². The number of nitrogen functional groups attached to an aromatic ring is 1. The van der Waals surface area contributed by atoms with E-state index in [1.165, 1.54) is 19.1 Å². The normalized spacial score (nSPS) is 12.3. The van der Waals surface area contributed by atoms with E-state index in [1.807, 2.05) is 6.07 Å². The molecule has 0 bridgehead atoms. The summed E-state index contributed by atoms with van der Waals surface area (Å²) in [4.78, 5) is 11.1. The van der Waals surface area contributed by atoms with Crippen molar-refractivity contribution in [3.05, 3.63) is 46.8 Å². The topological polar surface area (TPSA) is 81.1 Å². The first-order valence-electron chi connectivity index (χ1n) is 6.16. The van der Waals surface area contributed by atoms with Crippen LogP contribution in [0.3, 0.4) is 0 Å². The Kier molecular flexibility index (Phi) is 3.74. The Bertz CT molecular complexity index is 650. The van der Waals surface area contributed by atoms with Crippen LogP contribution in [0.5, 0.6) is 0 Å². The molecule has 0 saturated heterocycles. The first kappa shape index (κ1) is 14.0. The fraction of sp³-hybridized carbons (Fsp3) is 0.286. The predicted molar refractivity (Wildman–Crippen MR) is 73.4 cm³/mol. The molecule has 106 valence electrons. The third kappa shape index (κ3) is 2.64. The van der Waals surface area contributed by atoms with Crippen molar-refractivity contribution in [2.24, 2.45) is 7.05 Å². The van der Waals surface area contributed by atoms with Crippen LogP contribution in [0.15, 0.2) is 24.4 Å². The third-order valence-electron chi connectivity index (χ3n) is 3.26. The van der Waals surface area contributed by atoms with Crippen LogP contribution in [-0.4, -0.2) is 20.9 Å². The number of aryl methyl sites for hydroxylation is 1. The number of nitrogens with zero attached hydrogens (tertiary/aromatic N) is 2. The fourth-order valence-corrected chi connectivity index (χ4v) is 2.16. The SMILES string of the molecule is CC(F)c1cc(N)c(C(=O)O)cc1Cc1ccnn1C. The van der Waals surface area contributed by atoms with Crippen molar-refractivity contribution in [3.8, 4) is 0 Å². The lowest BCUT2D eigenvalue weighted by Crippen LogP contribution is -2.08. The number of carboxylic acid groups (broad SMARTS) is 1. The summed E-state index contributed by atoms with van der Waals surface area (Å²) in [7, 11) is 1.78. The summed E-state index contributed by atoms with van der Waals surface area (Å²) < 4.78 is 15.4. The summed E-state index contributed by atoms with van der Waals surface area (Å²) in [5.41, 5.74) is 7.62. The van der Waals surface area contributed by atoms with E-state index in [0.717, 1.165) is 5.69 Å². The van der Waals surface area contributed by atoms with E-state index in [-0.39, 0.29) is 11.3 Å². The standard InChI is InChI=1S/C14H16FN3O2/c1-8(15)11-7-13(16)12(14(19)20)6-9(11)5-10-3-4-17-18(10)2/h3-4,6-8H,5,16H2,1-2H3,(H,19,20). The molecule has 3 N–H and O–H groups in total. The van der Waals surface area contributed by atoms with Crippen LogP contribution in [0.1, 0.15) is 40.3 Å². The molecular formula is C14H16FN3O2. The van der Waals surface area contributed by atoms with Gasteiger partial charge in [-0.1, -0.05) is 0 Å². The van der Waals surface area contributed by atoms with Gasteiger partial charge in [-0.05, 0) is 36.2 Å². The molecule has 1 aromatic heterocycles. The highest BCUT2D eigenvalue weighted by molar-refractivity contribution is 5.94. The first-order valence-corrected chi connectivity index (χ1v) is 6.16. The lowest BCUT2D eigenvalue weighted by molar-refractivity contribution is 0.0698. The fourth-order valence-electron chi connectivity index (χ4n) is 2.16. The zero-order valence-electron chi connectivity index (χ0n) is 11.3. The van der Waals surface area contributed by atoms with Crippen molar-refractivity contribution in [2.45, 2.75) is 19.5 Å². The summed E-state index contributed by atoms with van der Waals surface area (Å²) in [5.74, 6) is -1.12. The second kappa shape index (κ2) is 5.32. The second-order valence-electron chi connectivity index (χ2n) is 4.68. The lowest BCUT2D eigenvalue weighted by Gasteiger charge is -2.14. The number of nitrogens with two attached hydrogens (primary N) is 1. The number of alkyl halides is 1. The van der Waals surface area contributed by atoms with Crippen LogP contribution in [0.4, 0.5) is 10.1 Å². The molecule has 0 spiro atoms. The Hall–Kier alpha value is -2.37. The maximum atomic E-state index is 13.7. The Morgan fingerprint density at radius 3 is 2.75 bits per heavy atom. The first-order chi connectivity index (χ1) is 9.40. The van der Waals surface area contributed by atoms with E-state index in [0.29, 0.717) is 17.5 Å². The van der Waals surface area contributed by atoms with E-state index in [9.17, 15) is 9.18 Å². The number of rotatable bonds is 4. The Balaban J connectivity index is 2.51. The number of halogens is 1. The number of hydrogen-bond acceptors (Lipinski definition) is 3. The maximum Gasteiger partial charge on any atom is 0.337 e. The second-order valence-corrected chi connectivity index (χ2v) is 4.68. The van der Waals surface area contributed by atoms with Crippen molar-refractivity contribution in [1.82, 2.24) is 9.78 Å². The van der Waals surface area contributed by atoms with E-state index in [2.05, 4.69) is 5.10 Å². The summed E-state index contributed by atoms with van der Waals surface area (Å²) in [6.07, 6.45) is 0.826. The molecule has 1 atom stereocenters. The molecule has 6 heteroatoms. The molecular weight excluding hydrogens is 261 g/mol. The summed E-state index contributed by atoms with van der Waals surface area (Å²) in [6.45, 7) is 1.40. The van der Waals surface area contributed by atoms with Gasteiger partial charge in [-0.15, -0.1) is 0 Å². The summed E-state index contributed by atoms with van der Waals surface area (Å²) in [6, 6.07) is 4.65. The highest BCUT2D eigenvalue weighted by Crippen LogP contribution is 2.28. The molecule has 0 aliphatic heterocycles. The average molecular weight is 277 g/mol. The molecule has 20 heavy (non-hydrogen) atoms. The van der Waals surface area contributed by atoms with E-state index in [1.54, 1.807) is 17.9 Å². The van der Waals surface area contributed by atoms with Crippen molar-refractivity contribution in [2.75, 3.05) is 5.73 Å². The quantitative estimate of drug-likeness (QED) is 0.840. The van der Waals surface area contributed by atoms with Gasteiger partial charge in [0.1, 0.15) is 6.17 Å². The Labute approximate surface area is 115 Å². The van der Waals surface area contributed by atoms with E-state index in [4.69, 9.17) is 10.8 Å². The molecule has 1 heterocycles. The molecule has 1 unspecified atom stereocenters.